The molecule has 20 heteroatoms. The van der Waals surface area contributed by atoms with Gasteiger partial charge < -0.3 is 79.3 Å². The Morgan fingerprint density at radius 3 is 1.41 bits per heavy atom. The summed E-state index contributed by atoms with van der Waals surface area (Å²) in [5.41, 5.74) is 10.3. The van der Waals surface area contributed by atoms with E-state index < -0.39 is 17.9 Å². The van der Waals surface area contributed by atoms with Gasteiger partial charge in [0.25, 0.3) is 0 Å². The molecule has 4 aromatic rings. The monoisotopic (exact) mass is 1500 g/mol. The van der Waals surface area contributed by atoms with Crippen molar-refractivity contribution >= 4 is 138 Å². The molecule has 3 nitrogen and oxygen atoms in total. The minimum Gasteiger partial charge on any atom is -1.00 e. The van der Waals surface area contributed by atoms with Crippen LogP contribution in [0.2, 0.25) is 0 Å². The first-order valence-electron chi connectivity index (χ1n) is 15.4. The largest absolute Gasteiger partial charge is 1.00 e. The summed E-state index contributed by atoms with van der Waals surface area (Å²) in [6, 6.07) is 29.0. The van der Waals surface area contributed by atoms with Gasteiger partial charge in [0.2, 0.25) is 0 Å². The van der Waals surface area contributed by atoms with E-state index >= 15 is 0 Å². The number of benzene rings is 2. The molecule has 0 bridgehead atoms. The molecule has 2 aromatic carbocycles. The van der Waals surface area contributed by atoms with Gasteiger partial charge in [0.05, 0.1) is 4.99 Å². The van der Waals surface area contributed by atoms with E-state index in [0.29, 0.717) is 4.99 Å². The fourth-order valence-corrected chi connectivity index (χ4v) is 6.34. The SMILES string of the molecule is C/C=C\c1ccc(C)cc1.CC(N)=S.Cc1ccc(CC(C)[S+]2CCCC2)cc1.S=[S]=[In].[Cl-].[Cl-].[Cl-].[Cl-].[Cl][In]([Cl])[Cl].[Cu].[Cu][I].[I-].c1ccncc1.c1ccncc1. The molecule has 5 rings (SSSR count). The van der Waals surface area contributed by atoms with Gasteiger partial charge in [0.15, 0.2) is 0 Å². The van der Waals surface area contributed by atoms with Crippen LogP contribution in [0.4, 0.5) is 0 Å². The molecule has 2 N–H and O–H groups in total. The number of thiocarbonyl (C=S) groups is 1. The van der Waals surface area contributed by atoms with Crippen LogP contribution < -0.4 is 79.3 Å². The van der Waals surface area contributed by atoms with Crippen molar-refractivity contribution in [3.8, 4) is 0 Å². The Morgan fingerprint density at radius 2 is 1.16 bits per heavy atom. The van der Waals surface area contributed by atoms with Crippen LogP contribution in [0.25, 0.3) is 6.08 Å². The Balaban J connectivity index is -0.0000000684. The van der Waals surface area contributed by atoms with E-state index in [1.54, 1.807) is 52.1 Å². The molecule has 1 saturated heterocycles. The normalized spacial score (nSPS) is 10.0. The molecule has 1 fully saturated rings. The van der Waals surface area contributed by atoms with Crippen LogP contribution in [0.5, 0.6) is 0 Å². The van der Waals surface area contributed by atoms with E-state index in [1.165, 1.54) is 59.6 Å². The summed E-state index contributed by atoms with van der Waals surface area (Å²) < 4.78 is 0. The second-order valence-corrected chi connectivity index (χ2v) is 33.8. The second kappa shape index (κ2) is 62.7. The van der Waals surface area contributed by atoms with Crippen LogP contribution in [-0.2, 0) is 65.0 Å². The Morgan fingerprint density at radius 1 is 0.857 bits per heavy atom. The Hall–Kier alpha value is 3.43. The van der Waals surface area contributed by atoms with Gasteiger partial charge >= 0.3 is 117 Å². The Kier molecular flexibility index (Phi) is 89.4. The average Bonchev–Trinajstić information content (AvgIpc) is 3.66. The fraction of sp³-hybridized carbons (Fsp3) is 0.306. The van der Waals surface area contributed by atoms with Crippen molar-refractivity contribution in [2.75, 3.05) is 11.5 Å². The van der Waals surface area contributed by atoms with Crippen molar-refractivity contribution < 1.29 is 103 Å². The van der Waals surface area contributed by atoms with Gasteiger partial charge in [0, 0.05) is 48.3 Å². The van der Waals surface area contributed by atoms with E-state index in [1.807, 2.05) is 49.4 Å². The van der Waals surface area contributed by atoms with Crippen LogP contribution in [0.3, 0.4) is 0 Å². The molecule has 1 atom stereocenters. The molecule has 2 radical (unpaired) electrons. The number of allylic oxidation sites excluding steroid dienone is 1. The summed E-state index contributed by atoms with van der Waals surface area (Å²) >= 11 is 13.5. The summed E-state index contributed by atoms with van der Waals surface area (Å²) in [6.45, 7) is 11.9. The predicted octanol–water partition coefficient (Wildman–Crippen LogP) is -3.98. The van der Waals surface area contributed by atoms with Gasteiger partial charge in [-0.2, -0.15) is 0 Å². The predicted molar refractivity (Wildman–Crippen MR) is 245 cm³/mol. The third-order valence-corrected chi connectivity index (χ3v) is 8.78. The third kappa shape index (κ3) is 64.1. The molecular weight excluding hydrogens is 1460 g/mol. The zero-order chi connectivity index (χ0) is 38.4. The summed E-state index contributed by atoms with van der Waals surface area (Å²) in [7, 11) is 15.8. The quantitative estimate of drug-likeness (QED) is 0.0981. The van der Waals surface area contributed by atoms with Crippen LogP contribution in [0.1, 0.15) is 55.9 Å². The minimum absolute atomic E-state index is 0. The molecule has 0 amide bonds. The Bertz CT molecular complexity index is 1290. The zero-order valence-electron chi connectivity index (χ0n) is 31.4. The number of aryl methyl sites for hydroxylation is 2. The van der Waals surface area contributed by atoms with E-state index in [0.717, 1.165) is 38.5 Å². The van der Waals surface area contributed by atoms with E-state index in [-0.39, 0.29) is 90.7 Å². The summed E-state index contributed by atoms with van der Waals surface area (Å²) in [5.74, 6) is 2.99. The van der Waals surface area contributed by atoms with E-state index in [2.05, 4.69) is 122 Å². The van der Waals surface area contributed by atoms with Crippen LogP contribution >= 0.6 is 58.3 Å². The first-order chi connectivity index (χ1) is 24.0. The topological polar surface area (TPSA) is 51.8 Å². The summed E-state index contributed by atoms with van der Waals surface area (Å²) in [5, 5.41) is 0.898. The zero-order valence-corrected chi connectivity index (χ0v) is 52.8. The van der Waals surface area contributed by atoms with Crippen molar-refractivity contribution in [3.63, 3.8) is 0 Å². The van der Waals surface area contributed by atoms with Crippen LogP contribution in [-0.4, -0.2) is 72.0 Å². The van der Waals surface area contributed by atoms with Crippen LogP contribution in [0, 0.1) is 13.8 Å². The number of pyridine rings is 2. The maximum absolute atomic E-state index is 5.02. The number of halogens is 9. The second-order valence-electron chi connectivity index (χ2n) is 10.1. The van der Waals surface area contributed by atoms with Gasteiger partial charge in [-0.15, -0.1) is 0 Å². The number of nitrogens with zero attached hydrogens (tertiary/aromatic N) is 2. The van der Waals surface area contributed by atoms with Gasteiger partial charge in [-0.1, -0.05) is 96.2 Å². The fourth-order valence-electron chi connectivity index (χ4n) is 3.75. The van der Waals surface area contributed by atoms with Crippen molar-refractivity contribution in [2.45, 2.75) is 59.1 Å². The summed E-state index contributed by atoms with van der Waals surface area (Å²) in [4.78, 5) is 8.07. The number of rotatable bonds is 4. The molecule has 0 spiro atoms. The molecule has 0 aliphatic carbocycles. The van der Waals surface area contributed by atoms with Gasteiger partial charge in [-0.3, -0.25) is 9.97 Å². The van der Waals surface area contributed by atoms with Crippen molar-refractivity contribution in [1.29, 1.82) is 0 Å². The van der Waals surface area contributed by atoms with Gasteiger partial charge in [-0.05, 0) is 93.7 Å². The standard InChI is InChI=1S/C14H21S.C10H12.2C5H5N.C2H5NS.7ClH.2Cu.2HI.2In.S2/c1-12-5-7-14(8-6-12)11-13(2)15-9-3-4-10-15;1-3-4-10-7-5-9(2)6-8-10;2*1-2-4-6-5-3-1;1-2(3)4;;;;;;;;;;;;;;1-2/h5-8,13H,3-4,9-11H2,1-2H3;3-8H,1-2H3;2*1-5H;1H3,(H2,3,4);7*1H;;;2*1H;;;/q+1;;;;;;;;;;;;;+1;;;;+3;/p-9/b;4-3-;;;;;;;;;;;;;;;;;. The molecule has 3 heterocycles. The van der Waals surface area contributed by atoms with Crippen LogP contribution in [0.15, 0.2) is 116 Å². The molecular formula is C36H48Cl7Cu2I2In2N3S4-4. The first kappa shape index (κ1) is 79.8. The van der Waals surface area contributed by atoms with E-state index in [9.17, 15) is 0 Å². The van der Waals surface area contributed by atoms with Crippen molar-refractivity contribution in [2.24, 2.45) is 5.73 Å². The van der Waals surface area contributed by atoms with Crippen molar-refractivity contribution in [3.05, 3.63) is 138 Å². The average molecular weight is 1510 g/mol. The van der Waals surface area contributed by atoms with Crippen molar-refractivity contribution in [1.82, 2.24) is 9.97 Å². The van der Waals surface area contributed by atoms with E-state index in [4.69, 9.17) is 31.5 Å². The molecule has 1 aliphatic rings. The van der Waals surface area contributed by atoms with Gasteiger partial charge in [0.1, 0.15) is 16.8 Å². The van der Waals surface area contributed by atoms with Gasteiger partial charge in [-0.25, -0.2) is 0 Å². The summed E-state index contributed by atoms with van der Waals surface area (Å²) in [6.07, 6.45) is 15.4. The maximum Gasteiger partial charge on any atom is 0.0267 e. The molecule has 1 unspecified atom stereocenters. The third-order valence-electron chi connectivity index (χ3n) is 5.85. The number of hydrogen-bond acceptors (Lipinski definition) is 4. The number of nitrogens with two attached hydrogens (primary N) is 1. The number of hydrogen-bond donors (Lipinski definition) is 1. The molecule has 326 valence electrons. The smallest absolute Gasteiger partial charge is 0.0267 e. The minimum atomic E-state index is -2.22. The molecule has 0 saturated carbocycles. The maximum atomic E-state index is 5.02. The molecule has 1 aliphatic heterocycles. The first-order valence-corrected chi connectivity index (χ1v) is 38.8. The number of aromatic nitrogens is 2. The molecule has 56 heavy (non-hydrogen) atoms. The Labute approximate surface area is 458 Å². The molecule has 2 aromatic heterocycles.